The third-order valence-corrected chi connectivity index (χ3v) is 7.34. The second-order valence-corrected chi connectivity index (χ2v) is 9.93. The predicted molar refractivity (Wildman–Crippen MR) is 111 cm³/mol. The molecule has 1 saturated heterocycles. The fourth-order valence-corrected chi connectivity index (χ4v) is 5.43. The van der Waals surface area contributed by atoms with E-state index in [9.17, 15) is 34.2 Å². The number of carboxylic acid groups (broad SMARTS) is 2. The van der Waals surface area contributed by atoms with Crippen molar-refractivity contribution < 1.29 is 103 Å². The van der Waals surface area contributed by atoms with Crippen LogP contribution in [0.2, 0.25) is 0 Å². The summed E-state index contributed by atoms with van der Waals surface area (Å²) in [7, 11) is 0. The Kier molecular flexibility index (Phi) is 12.7. The molecule has 3 rings (SSSR count). The van der Waals surface area contributed by atoms with Crippen LogP contribution in [0, 0.1) is 0 Å². The number of hydrogen-bond acceptors (Lipinski definition) is 13. The third kappa shape index (κ3) is 7.36. The number of β-lactam (4-membered cyclic amide) rings is 1. The van der Waals surface area contributed by atoms with Crippen molar-refractivity contribution in [2.75, 3.05) is 18.1 Å². The zero-order chi connectivity index (χ0) is 25.2. The number of aromatic nitrogens is 1. The van der Waals surface area contributed by atoms with E-state index >= 15 is 0 Å². The summed E-state index contributed by atoms with van der Waals surface area (Å²) in [5.74, 6) is -5.34. The summed E-state index contributed by atoms with van der Waals surface area (Å²) in [6.07, 6.45) is -1.47. The Morgan fingerprint density at radius 3 is 2.56 bits per heavy atom. The quantitative estimate of drug-likeness (QED) is 0.0883. The Bertz CT molecular complexity index is 1130. The molecule has 18 heteroatoms. The van der Waals surface area contributed by atoms with E-state index in [0.717, 1.165) is 30.5 Å². The van der Waals surface area contributed by atoms with Gasteiger partial charge in [-0.05, 0) is 0 Å². The first-order chi connectivity index (χ1) is 16.0. The molecule has 0 saturated carbocycles. The number of fused-ring (bicyclic) bond motifs is 1. The van der Waals surface area contributed by atoms with Crippen molar-refractivity contribution in [1.29, 1.82) is 0 Å². The van der Waals surface area contributed by atoms with E-state index < -0.39 is 58.7 Å². The predicted octanol–water partition coefficient (Wildman–Crippen LogP) is -10.4. The molecule has 1 unspecified atom stereocenters. The zero-order valence-corrected chi connectivity index (χ0v) is 26.2. The molecule has 2 aliphatic rings. The maximum absolute atomic E-state index is 12.9. The van der Waals surface area contributed by atoms with Gasteiger partial charge in [-0.3, -0.25) is 4.79 Å². The minimum atomic E-state index is -1.62. The van der Waals surface area contributed by atoms with Crippen LogP contribution in [0.5, 0.6) is 0 Å². The number of amides is 2. The van der Waals surface area contributed by atoms with Crippen LogP contribution in [-0.4, -0.2) is 89.7 Å². The molecule has 0 spiro atoms. The first kappa shape index (κ1) is 32.7. The van der Waals surface area contributed by atoms with Crippen molar-refractivity contribution in [2.24, 2.45) is 5.16 Å². The number of nitrogens with two attached hydrogens (primary N) is 1. The summed E-state index contributed by atoms with van der Waals surface area (Å²) >= 11 is 0.792. The Labute approximate surface area is 258 Å². The van der Waals surface area contributed by atoms with E-state index in [1.165, 1.54) is 4.94 Å². The number of carbonyl (C=O) groups excluding carboxylic acids is 5. The molecule has 2 amide bonds. The van der Waals surface area contributed by atoms with Crippen LogP contribution in [0.3, 0.4) is 0 Å². The standard InChI is InChI=1S/C18H19N5O9SSe.2Na/c1-6(16(27)28)32-22-10(9-5-34-18(19)20-9)13(25)21-11-14(26)23-12(17(29)30)8(3-31-7(2)24)4-33-15(11)23;;/h5-6,11,15H,3-4H2,1-2H3,(H2,19,20)(H,21,25)(H,27,28)(H,29,30);;/q;2*+1/p-2/b22-10-;;/t6?,11-,15-;;/m1../s1. The SMILES string of the molecule is CC(=O)OCC1=C(C(=O)[O-])N2C(=O)[C@@H](NC(=O)/C(=N\OC(C)C(=O)[O-])c3c[se]c(N)n3)[C@H]2SC1.[Na+].[Na+]. The van der Waals surface area contributed by atoms with Crippen LogP contribution in [-0.2, 0) is 33.5 Å². The monoisotopic (exact) mass is 605 g/mol. The summed E-state index contributed by atoms with van der Waals surface area (Å²) in [6, 6.07) is -1.13. The number of hydrogen-bond donors (Lipinski definition) is 2. The summed E-state index contributed by atoms with van der Waals surface area (Å²) in [5.41, 5.74) is 5.05. The number of esters is 1. The number of aliphatic carboxylic acids is 2. The Morgan fingerprint density at radius 1 is 1.36 bits per heavy atom. The van der Waals surface area contributed by atoms with E-state index in [0.29, 0.717) is 0 Å². The van der Waals surface area contributed by atoms with Crippen molar-refractivity contribution in [2.45, 2.75) is 31.4 Å². The Morgan fingerprint density at radius 2 is 2.03 bits per heavy atom. The van der Waals surface area contributed by atoms with Gasteiger partial charge in [-0.15, -0.1) is 0 Å². The first-order valence-electron chi connectivity index (χ1n) is 9.49. The number of carbonyl (C=O) groups is 5. The van der Waals surface area contributed by atoms with Gasteiger partial charge in [0.25, 0.3) is 0 Å². The molecule has 3 N–H and O–H groups in total. The number of thioether (sulfide) groups is 1. The second kappa shape index (κ2) is 14.0. The van der Waals surface area contributed by atoms with E-state index in [1.807, 2.05) is 0 Å². The number of oxime groups is 1. The molecule has 36 heavy (non-hydrogen) atoms. The van der Waals surface area contributed by atoms with E-state index in [-0.39, 0.29) is 102 Å². The fraction of sp³-hybridized carbons (Fsp3) is 0.389. The summed E-state index contributed by atoms with van der Waals surface area (Å²) in [5, 5.41) is 27.8. The van der Waals surface area contributed by atoms with Gasteiger partial charge in [0, 0.05) is 6.92 Å². The number of anilines is 1. The number of ether oxygens (including phenoxy) is 1. The molecule has 1 aromatic rings. The van der Waals surface area contributed by atoms with Gasteiger partial charge in [0.05, 0.1) is 0 Å². The largest absolute Gasteiger partial charge is 1.00 e. The molecule has 1 fully saturated rings. The minimum Gasteiger partial charge on any atom is 1.00 e. The molecule has 14 nitrogen and oxygen atoms in total. The summed E-state index contributed by atoms with van der Waals surface area (Å²) in [4.78, 5) is 70.5. The average Bonchev–Trinajstić information content (AvgIpc) is 3.20. The maximum atomic E-state index is 12.9. The molecule has 0 bridgehead atoms. The number of rotatable bonds is 9. The first-order valence-corrected chi connectivity index (χ1v) is 12.4. The summed E-state index contributed by atoms with van der Waals surface area (Å²) < 4.78 is 5.09. The van der Waals surface area contributed by atoms with Crippen LogP contribution >= 0.6 is 11.8 Å². The molecule has 1 aromatic heterocycles. The average molecular weight is 604 g/mol. The van der Waals surface area contributed by atoms with Gasteiger partial charge in [-0.2, -0.15) is 0 Å². The van der Waals surface area contributed by atoms with Crippen LogP contribution in [0.25, 0.3) is 0 Å². The molecule has 2 aliphatic heterocycles. The third-order valence-electron chi connectivity index (χ3n) is 4.59. The fourth-order valence-electron chi connectivity index (χ4n) is 2.96. The molecule has 3 heterocycles. The van der Waals surface area contributed by atoms with Crippen LogP contribution in [0.15, 0.2) is 21.4 Å². The van der Waals surface area contributed by atoms with Gasteiger partial charge < -0.3 is 0 Å². The Hall–Kier alpha value is -1.36. The smallest absolute Gasteiger partial charge is 1.00 e. The molecular formula is C18H17N5Na2O9SSe. The number of nitrogens with zero attached hydrogens (tertiary/aromatic N) is 3. The molecule has 182 valence electrons. The van der Waals surface area contributed by atoms with Gasteiger partial charge >= 0.3 is 249 Å². The molecule has 0 aliphatic carbocycles. The molecule has 0 radical (unpaired) electrons. The van der Waals surface area contributed by atoms with Crippen molar-refractivity contribution in [1.82, 2.24) is 15.2 Å². The van der Waals surface area contributed by atoms with Crippen molar-refractivity contribution in [3.05, 3.63) is 21.9 Å². The zero-order valence-electron chi connectivity index (χ0n) is 19.6. The van der Waals surface area contributed by atoms with E-state index in [1.54, 1.807) is 0 Å². The maximum Gasteiger partial charge on any atom is 1.00 e. The van der Waals surface area contributed by atoms with Gasteiger partial charge in [-0.25, -0.2) is 0 Å². The summed E-state index contributed by atoms with van der Waals surface area (Å²) in [6.45, 7) is 1.99. The van der Waals surface area contributed by atoms with Crippen molar-refractivity contribution in [3.63, 3.8) is 0 Å². The van der Waals surface area contributed by atoms with E-state index in [4.69, 9.17) is 15.3 Å². The van der Waals surface area contributed by atoms with Crippen LogP contribution < -0.4 is 80.4 Å². The topological polar surface area (TPSA) is 216 Å². The van der Waals surface area contributed by atoms with E-state index in [2.05, 4.69) is 15.5 Å². The van der Waals surface area contributed by atoms with Gasteiger partial charge in [0.2, 0.25) is 0 Å². The number of nitrogen functional groups attached to an aromatic ring is 1. The van der Waals surface area contributed by atoms with Crippen LogP contribution in [0.4, 0.5) is 4.69 Å². The molecule has 3 atom stereocenters. The van der Waals surface area contributed by atoms with Crippen molar-refractivity contribution in [3.8, 4) is 0 Å². The van der Waals surface area contributed by atoms with Gasteiger partial charge in [-0.1, -0.05) is 0 Å². The van der Waals surface area contributed by atoms with Gasteiger partial charge in [0.1, 0.15) is 0 Å². The molecular weight excluding hydrogens is 587 g/mol. The second-order valence-electron chi connectivity index (χ2n) is 6.96. The minimum absolute atomic E-state index is 0. The van der Waals surface area contributed by atoms with Crippen LogP contribution in [0.1, 0.15) is 19.5 Å². The van der Waals surface area contributed by atoms with Gasteiger partial charge in [0.15, 0.2) is 0 Å². The Balaban J connectivity index is 0.00000324. The number of carboxylic acids is 2. The number of nitrogens with one attached hydrogen (secondary N) is 1. The normalized spacial score (nSPS) is 19.6. The molecule has 0 aromatic carbocycles. The van der Waals surface area contributed by atoms with Crippen molar-refractivity contribution >= 4 is 66.4 Å².